The second kappa shape index (κ2) is 6.20. The van der Waals surface area contributed by atoms with E-state index in [2.05, 4.69) is 55.8 Å². The molecule has 1 aromatic rings. The average Bonchev–Trinajstić information content (AvgIpc) is 2.69. The molecule has 0 saturated carbocycles. The summed E-state index contributed by atoms with van der Waals surface area (Å²) in [6.45, 7) is 13.0. The first kappa shape index (κ1) is 14.2. The van der Waals surface area contributed by atoms with Crippen LogP contribution in [0.4, 0.5) is 0 Å². The van der Waals surface area contributed by atoms with Crippen molar-refractivity contribution in [3.63, 3.8) is 0 Å². The molecule has 0 atom stereocenters. The quantitative estimate of drug-likeness (QED) is 0.823. The van der Waals surface area contributed by atoms with Crippen LogP contribution in [0.25, 0.3) is 0 Å². The maximum atomic E-state index is 4.43. The van der Waals surface area contributed by atoms with Gasteiger partial charge in [-0.2, -0.15) is 5.10 Å². The van der Waals surface area contributed by atoms with Gasteiger partial charge >= 0.3 is 0 Å². The first-order chi connectivity index (χ1) is 7.96. The van der Waals surface area contributed by atoms with Gasteiger partial charge < -0.3 is 5.32 Å². The van der Waals surface area contributed by atoms with Gasteiger partial charge in [0.15, 0.2) is 0 Å². The molecular weight excluding hydrogens is 210 g/mol. The highest BCUT2D eigenvalue weighted by Gasteiger charge is 2.12. The fourth-order valence-electron chi connectivity index (χ4n) is 1.82. The zero-order valence-electron chi connectivity index (χ0n) is 12.0. The van der Waals surface area contributed by atoms with E-state index in [1.54, 1.807) is 0 Å². The summed E-state index contributed by atoms with van der Waals surface area (Å²) in [4.78, 5) is 0. The van der Waals surface area contributed by atoms with Gasteiger partial charge in [-0.1, -0.05) is 26.7 Å². The predicted octanol–water partition coefficient (Wildman–Crippen LogP) is 3.21. The Morgan fingerprint density at radius 3 is 2.47 bits per heavy atom. The molecule has 17 heavy (non-hydrogen) atoms. The van der Waals surface area contributed by atoms with E-state index in [1.807, 2.05) is 6.20 Å². The van der Waals surface area contributed by atoms with Crippen LogP contribution in [0.1, 0.15) is 53.2 Å². The molecule has 0 radical (unpaired) electrons. The molecule has 0 bridgehead atoms. The molecule has 3 heteroatoms. The summed E-state index contributed by atoms with van der Waals surface area (Å²) in [6, 6.07) is 2.11. The maximum Gasteiger partial charge on any atom is 0.0522 e. The Morgan fingerprint density at radius 1 is 1.29 bits per heavy atom. The summed E-state index contributed by atoms with van der Waals surface area (Å²) < 4.78 is 2.15. The molecule has 1 rings (SSSR count). The van der Waals surface area contributed by atoms with Gasteiger partial charge in [0.25, 0.3) is 0 Å². The van der Waals surface area contributed by atoms with Crippen LogP contribution in [0.15, 0.2) is 12.3 Å². The summed E-state index contributed by atoms with van der Waals surface area (Å²) in [6.07, 6.45) is 4.35. The fraction of sp³-hybridized carbons (Fsp3) is 0.786. The minimum Gasteiger partial charge on any atom is -0.306 e. The Labute approximate surface area is 106 Å². The molecule has 0 saturated heterocycles. The SMILES string of the molecule is CCC(CC)Cn1nccc1CNC(C)(C)C. The van der Waals surface area contributed by atoms with Gasteiger partial charge in [-0.05, 0) is 32.8 Å². The lowest BCUT2D eigenvalue weighted by atomic mass is 10.0. The van der Waals surface area contributed by atoms with Crippen molar-refractivity contribution >= 4 is 0 Å². The van der Waals surface area contributed by atoms with Crippen LogP contribution in [0.5, 0.6) is 0 Å². The second-order valence-electron chi connectivity index (χ2n) is 5.79. The van der Waals surface area contributed by atoms with Crippen LogP contribution in [0, 0.1) is 5.92 Å². The van der Waals surface area contributed by atoms with E-state index in [4.69, 9.17) is 0 Å². The van der Waals surface area contributed by atoms with E-state index in [1.165, 1.54) is 18.5 Å². The molecule has 0 aromatic carbocycles. The van der Waals surface area contributed by atoms with Crippen LogP contribution >= 0.6 is 0 Å². The van der Waals surface area contributed by atoms with E-state index >= 15 is 0 Å². The highest BCUT2D eigenvalue weighted by Crippen LogP contribution is 2.12. The normalized spacial score (nSPS) is 12.4. The maximum absolute atomic E-state index is 4.43. The molecule has 3 nitrogen and oxygen atoms in total. The summed E-state index contributed by atoms with van der Waals surface area (Å²) in [5, 5.41) is 7.94. The third-order valence-electron chi connectivity index (χ3n) is 3.19. The molecule has 1 N–H and O–H groups in total. The summed E-state index contributed by atoms with van der Waals surface area (Å²) in [5.74, 6) is 0.739. The Bertz CT molecular complexity index is 318. The van der Waals surface area contributed by atoms with Gasteiger partial charge in [0, 0.05) is 24.8 Å². The largest absolute Gasteiger partial charge is 0.306 e. The molecule has 0 amide bonds. The van der Waals surface area contributed by atoms with Crippen LogP contribution in [0.2, 0.25) is 0 Å². The highest BCUT2D eigenvalue weighted by molar-refractivity contribution is 5.01. The van der Waals surface area contributed by atoms with Crippen molar-refractivity contribution in [2.24, 2.45) is 5.92 Å². The molecule has 0 aliphatic carbocycles. The highest BCUT2D eigenvalue weighted by atomic mass is 15.3. The Kier molecular flexibility index (Phi) is 5.19. The number of aromatic nitrogens is 2. The van der Waals surface area contributed by atoms with Gasteiger partial charge in [0.1, 0.15) is 0 Å². The molecule has 1 heterocycles. The van der Waals surface area contributed by atoms with Gasteiger partial charge in [-0.15, -0.1) is 0 Å². The lowest BCUT2D eigenvalue weighted by Gasteiger charge is -2.21. The molecule has 0 aliphatic heterocycles. The Balaban J connectivity index is 2.59. The first-order valence-corrected chi connectivity index (χ1v) is 6.72. The van der Waals surface area contributed by atoms with Crippen molar-refractivity contribution in [2.75, 3.05) is 0 Å². The minimum absolute atomic E-state index is 0.157. The predicted molar refractivity (Wildman–Crippen MR) is 72.9 cm³/mol. The second-order valence-corrected chi connectivity index (χ2v) is 5.79. The van der Waals surface area contributed by atoms with Gasteiger partial charge in [0.05, 0.1) is 5.69 Å². The molecule has 0 spiro atoms. The van der Waals surface area contributed by atoms with Crippen molar-refractivity contribution in [2.45, 2.75) is 66.1 Å². The lowest BCUT2D eigenvalue weighted by Crippen LogP contribution is -2.35. The van der Waals surface area contributed by atoms with Crippen molar-refractivity contribution in [3.05, 3.63) is 18.0 Å². The smallest absolute Gasteiger partial charge is 0.0522 e. The van der Waals surface area contributed by atoms with Gasteiger partial charge in [-0.3, -0.25) is 4.68 Å². The van der Waals surface area contributed by atoms with Crippen molar-refractivity contribution in [1.29, 1.82) is 0 Å². The zero-order valence-corrected chi connectivity index (χ0v) is 12.0. The van der Waals surface area contributed by atoms with E-state index in [0.717, 1.165) is 19.0 Å². The summed E-state index contributed by atoms with van der Waals surface area (Å²) in [7, 11) is 0. The number of nitrogens with one attached hydrogen (secondary N) is 1. The van der Waals surface area contributed by atoms with E-state index in [0.29, 0.717) is 0 Å². The number of hydrogen-bond donors (Lipinski definition) is 1. The van der Waals surface area contributed by atoms with E-state index < -0.39 is 0 Å². The third kappa shape index (κ3) is 4.90. The van der Waals surface area contributed by atoms with Crippen LogP contribution in [0.3, 0.4) is 0 Å². The number of hydrogen-bond acceptors (Lipinski definition) is 2. The monoisotopic (exact) mass is 237 g/mol. The van der Waals surface area contributed by atoms with Crippen LogP contribution < -0.4 is 5.32 Å². The van der Waals surface area contributed by atoms with Gasteiger partial charge in [-0.25, -0.2) is 0 Å². The van der Waals surface area contributed by atoms with Crippen LogP contribution in [-0.4, -0.2) is 15.3 Å². The molecule has 0 fully saturated rings. The van der Waals surface area contributed by atoms with Crippen LogP contribution in [-0.2, 0) is 13.1 Å². The summed E-state index contributed by atoms with van der Waals surface area (Å²) in [5.41, 5.74) is 1.44. The van der Waals surface area contributed by atoms with E-state index in [-0.39, 0.29) is 5.54 Å². The summed E-state index contributed by atoms with van der Waals surface area (Å²) >= 11 is 0. The van der Waals surface area contributed by atoms with Crippen molar-refractivity contribution < 1.29 is 0 Å². The topological polar surface area (TPSA) is 29.9 Å². The van der Waals surface area contributed by atoms with Crippen molar-refractivity contribution in [3.8, 4) is 0 Å². The molecular formula is C14H27N3. The number of rotatable bonds is 6. The molecule has 98 valence electrons. The Hall–Kier alpha value is -0.830. The molecule has 0 aliphatic rings. The average molecular weight is 237 g/mol. The third-order valence-corrected chi connectivity index (χ3v) is 3.19. The number of nitrogens with zero attached hydrogens (tertiary/aromatic N) is 2. The first-order valence-electron chi connectivity index (χ1n) is 6.72. The molecule has 1 aromatic heterocycles. The van der Waals surface area contributed by atoms with Crippen molar-refractivity contribution in [1.82, 2.24) is 15.1 Å². The Morgan fingerprint density at radius 2 is 1.94 bits per heavy atom. The lowest BCUT2D eigenvalue weighted by molar-refractivity contribution is 0.370. The molecule has 0 unspecified atom stereocenters. The minimum atomic E-state index is 0.157. The zero-order chi connectivity index (χ0) is 12.9. The van der Waals surface area contributed by atoms with Gasteiger partial charge in [0.2, 0.25) is 0 Å². The van der Waals surface area contributed by atoms with E-state index in [9.17, 15) is 0 Å². The standard InChI is InChI=1S/C14H27N3/c1-6-12(7-2)11-17-13(8-9-16-17)10-15-14(3,4)5/h8-9,12,15H,6-7,10-11H2,1-5H3. The fourth-order valence-corrected chi connectivity index (χ4v) is 1.82.